The molecule has 1 aliphatic carbocycles. The van der Waals surface area contributed by atoms with Gasteiger partial charge in [-0.1, -0.05) is 25.0 Å². The van der Waals surface area contributed by atoms with Gasteiger partial charge in [0.05, 0.1) is 5.56 Å². The number of anilines is 1. The van der Waals surface area contributed by atoms with Crippen LogP contribution in [0.5, 0.6) is 0 Å². The second-order valence-electron chi connectivity index (χ2n) is 6.00. The number of benzene rings is 1. The molecule has 1 amide bonds. The predicted octanol–water partition coefficient (Wildman–Crippen LogP) is 2.13. The topological polar surface area (TPSA) is 83.6 Å². The number of nitrogens with zero attached hydrogens (tertiary/aromatic N) is 1. The van der Waals surface area contributed by atoms with Crippen molar-refractivity contribution in [1.82, 2.24) is 4.90 Å². The molecule has 3 N–H and O–H groups in total. The molecule has 0 radical (unpaired) electrons. The van der Waals surface area contributed by atoms with E-state index in [1.807, 2.05) is 0 Å². The normalized spacial score (nSPS) is 28.2. The highest BCUT2D eigenvalue weighted by atomic mass is 16.4. The molecule has 5 heteroatoms. The van der Waals surface area contributed by atoms with Crippen molar-refractivity contribution in [3.8, 4) is 0 Å². The maximum absolute atomic E-state index is 12.8. The predicted molar refractivity (Wildman–Crippen MR) is 78.8 cm³/mol. The van der Waals surface area contributed by atoms with Crippen molar-refractivity contribution in [3.63, 3.8) is 0 Å². The van der Waals surface area contributed by atoms with Crippen molar-refractivity contribution in [2.24, 2.45) is 5.92 Å². The number of nitrogen functional groups attached to an aromatic ring is 1. The Morgan fingerprint density at radius 3 is 2.62 bits per heavy atom. The molecule has 21 heavy (non-hydrogen) atoms. The van der Waals surface area contributed by atoms with Crippen molar-refractivity contribution in [2.45, 2.75) is 44.2 Å². The summed E-state index contributed by atoms with van der Waals surface area (Å²) >= 11 is 0. The van der Waals surface area contributed by atoms with Gasteiger partial charge in [-0.15, -0.1) is 0 Å². The number of hydrogen-bond acceptors (Lipinski definition) is 3. The number of carbonyl (C=O) groups excluding carboxylic acids is 1. The van der Waals surface area contributed by atoms with E-state index in [4.69, 9.17) is 5.73 Å². The number of hydrogen-bond donors (Lipinski definition) is 2. The van der Waals surface area contributed by atoms with Crippen LogP contribution in [0, 0.1) is 5.92 Å². The number of rotatable bonds is 2. The Morgan fingerprint density at radius 1 is 1.19 bits per heavy atom. The Balaban J connectivity index is 1.95. The van der Waals surface area contributed by atoms with E-state index in [0.717, 1.165) is 25.7 Å². The Kier molecular flexibility index (Phi) is 3.57. The smallest absolute Gasteiger partial charge is 0.326 e. The van der Waals surface area contributed by atoms with Gasteiger partial charge in [-0.05, 0) is 37.3 Å². The SMILES string of the molecule is Nc1ccccc1C(=O)N1C(C(=O)O)CC2CCCCC21. The third-order valence-corrected chi connectivity index (χ3v) is 4.80. The quantitative estimate of drug-likeness (QED) is 0.817. The fraction of sp³-hybridized carbons (Fsp3) is 0.500. The molecule has 0 aromatic heterocycles. The first-order valence-corrected chi connectivity index (χ1v) is 7.49. The molecular formula is C16H20N2O3. The van der Waals surface area contributed by atoms with Gasteiger partial charge >= 0.3 is 5.97 Å². The molecule has 1 saturated carbocycles. The van der Waals surface area contributed by atoms with E-state index in [1.54, 1.807) is 29.2 Å². The molecule has 3 atom stereocenters. The molecular weight excluding hydrogens is 268 g/mol. The van der Waals surface area contributed by atoms with E-state index in [9.17, 15) is 14.7 Å². The molecule has 3 rings (SSSR count). The summed E-state index contributed by atoms with van der Waals surface area (Å²) in [4.78, 5) is 26.0. The number of para-hydroxylation sites is 1. The molecule has 1 aromatic carbocycles. The second-order valence-corrected chi connectivity index (χ2v) is 6.00. The number of carboxylic acids is 1. The van der Waals surface area contributed by atoms with Crippen LogP contribution < -0.4 is 5.73 Å². The summed E-state index contributed by atoms with van der Waals surface area (Å²) in [6.45, 7) is 0. The third-order valence-electron chi connectivity index (χ3n) is 4.80. The average Bonchev–Trinajstić information content (AvgIpc) is 2.86. The highest BCUT2D eigenvalue weighted by Crippen LogP contribution is 2.40. The number of carbonyl (C=O) groups is 2. The summed E-state index contributed by atoms with van der Waals surface area (Å²) < 4.78 is 0. The van der Waals surface area contributed by atoms with Crippen LogP contribution >= 0.6 is 0 Å². The number of aliphatic carboxylic acids is 1. The van der Waals surface area contributed by atoms with E-state index in [2.05, 4.69) is 0 Å². The molecule has 1 heterocycles. The maximum atomic E-state index is 12.8. The van der Waals surface area contributed by atoms with Crippen molar-refractivity contribution in [2.75, 3.05) is 5.73 Å². The van der Waals surface area contributed by atoms with Crippen LogP contribution in [0.25, 0.3) is 0 Å². The minimum atomic E-state index is -0.910. The zero-order valence-corrected chi connectivity index (χ0v) is 11.9. The van der Waals surface area contributed by atoms with Crippen LogP contribution in [0.3, 0.4) is 0 Å². The number of amides is 1. The largest absolute Gasteiger partial charge is 0.480 e. The monoisotopic (exact) mass is 288 g/mol. The van der Waals surface area contributed by atoms with E-state index < -0.39 is 12.0 Å². The number of fused-ring (bicyclic) bond motifs is 1. The van der Waals surface area contributed by atoms with Gasteiger partial charge in [-0.3, -0.25) is 4.79 Å². The van der Waals surface area contributed by atoms with E-state index in [1.165, 1.54) is 0 Å². The molecule has 2 aliphatic rings. The Bertz CT molecular complexity index is 572. The first kappa shape index (κ1) is 13.9. The minimum absolute atomic E-state index is 0.0481. The summed E-state index contributed by atoms with van der Waals surface area (Å²) in [5.41, 5.74) is 6.70. The second kappa shape index (κ2) is 5.39. The Morgan fingerprint density at radius 2 is 1.90 bits per heavy atom. The van der Waals surface area contributed by atoms with E-state index in [0.29, 0.717) is 23.6 Å². The van der Waals surface area contributed by atoms with Crippen molar-refractivity contribution < 1.29 is 14.7 Å². The van der Waals surface area contributed by atoms with Crippen LogP contribution in [0.4, 0.5) is 5.69 Å². The third kappa shape index (κ3) is 2.37. The van der Waals surface area contributed by atoms with Crippen molar-refractivity contribution in [1.29, 1.82) is 0 Å². The fourth-order valence-corrected chi connectivity index (χ4v) is 3.80. The fourth-order valence-electron chi connectivity index (χ4n) is 3.80. The first-order chi connectivity index (χ1) is 10.1. The van der Waals surface area contributed by atoms with Crippen LogP contribution in [0.1, 0.15) is 42.5 Å². The summed E-state index contributed by atoms with van der Waals surface area (Å²) in [5, 5.41) is 9.47. The molecule has 1 aromatic rings. The van der Waals surface area contributed by atoms with Gasteiger partial charge in [0, 0.05) is 11.7 Å². The highest BCUT2D eigenvalue weighted by Gasteiger charge is 2.47. The van der Waals surface area contributed by atoms with Gasteiger partial charge in [0.2, 0.25) is 0 Å². The first-order valence-electron chi connectivity index (χ1n) is 7.49. The van der Waals surface area contributed by atoms with Gasteiger partial charge in [0.15, 0.2) is 0 Å². The number of nitrogens with two attached hydrogens (primary N) is 1. The average molecular weight is 288 g/mol. The lowest BCUT2D eigenvalue weighted by Crippen LogP contribution is -2.46. The lowest BCUT2D eigenvalue weighted by Gasteiger charge is -2.33. The van der Waals surface area contributed by atoms with Gasteiger partial charge in [0.1, 0.15) is 6.04 Å². The summed E-state index contributed by atoms with van der Waals surface area (Å²) in [5.74, 6) is -0.837. The van der Waals surface area contributed by atoms with Crippen molar-refractivity contribution >= 4 is 17.6 Å². The van der Waals surface area contributed by atoms with E-state index >= 15 is 0 Å². The summed E-state index contributed by atoms with van der Waals surface area (Å²) in [6.07, 6.45) is 4.67. The van der Waals surface area contributed by atoms with Gasteiger partial charge < -0.3 is 15.7 Å². The standard InChI is InChI=1S/C16H20N2O3/c17-12-7-3-2-6-11(12)15(19)18-13-8-4-1-5-10(13)9-14(18)16(20)21/h2-3,6-7,10,13-14H,1,4-5,8-9,17H2,(H,20,21). The molecule has 0 spiro atoms. The van der Waals surface area contributed by atoms with Crippen LogP contribution in [0.2, 0.25) is 0 Å². The zero-order valence-electron chi connectivity index (χ0n) is 11.9. The van der Waals surface area contributed by atoms with E-state index in [-0.39, 0.29) is 11.9 Å². The molecule has 1 saturated heterocycles. The number of likely N-dealkylation sites (tertiary alicyclic amines) is 1. The number of carboxylic acid groups (broad SMARTS) is 1. The lowest BCUT2D eigenvalue weighted by atomic mass is 9.84. The summed E-state index contributed by atoms with van der Waals surface area (Å²) in [7, 11) is 0. The molecule has 112 valence electrons. The molecule has 5 nitrogen and oxygen atoms in total. The minimum Gasteiger partial charge on any atom is -0.480 e. The Hall–Kier alpha value is -2.04. The van der Waals surface area contributed by atoms with Gasteiger partial charge in [-0.25, -0.2) is 4.79 Å². The van der Waals surface area contributed by atoms with Crippen LogP contribution in [0.15, 0.2) is 24.3 Å². The molecule has 1 aliphatic heterocycles. The maximum Gasteiger partial charge on any atom is 0.326 e. The van der Waals surface area contributed by atoms with Crippen molar-refractivity contribution in [3.05, 3.63) is 29.8 Å². The Labute approximate surface area is 123 Å². The highest BCUT2D eigenvalue weighted by molar-refractivity contribution is 6.01. The van der Waals surface area contributed by atoms with Gasteiger partial charge in [0.25, 0.3) is 5.91 Å². The molecule has 3 unspecified atom stereocenters. The molecule has 0 bridgehead atoms. The van der Waals surface area contributed by atoms with Crippen LogP contribution in [-0.2, 0) is 4.79 Å². The summed E-state index contributed by atoms with van der Waals surface area (Å²) in [6, 6.07) is 6.21. The zero-order chi connectivity index (χ0) is 15.0. The van der Waals surface area contributed by atoms with Crippen LogP contribution in [-0.4, -0.2) is 34.0 Å². The lowest BCUT2D eigenvalue weighted by molar-refractivity contribution is -0.141. The van der Waals surface area contributed by atoms with Gasteiger partial charge in [-0.2, -0.15) is 0 Å². The molecule has 2 fully saturated rings.